The number of furan rings is 1. The Balaban J connectivity index is 1.50. The average Bonchev–Trinajstić information content (AvgIpc) is 3.47. The smallest absolute Gasteiger partial charge is 0.254 e. The Kier molecular flexibility index (Phi) is 9.96. The summed E-state index contributed by atoms with van der Waals surface area (Å²) in [5, 5.41) is 0. The summed E-state index contributed by atoms with van der Waals surface area (Å²) < 4.78 is 11.0. The third-order valence-corrected chi connectivity index (χ3v) is 7.19. The summed E-state index contributed by atoms with van der Waals surface area (Å²) >= 11 is 0. The molecule has 0 spiro atoms. The summed E-state index contributed by atoms with van der Waals surface area (Å²) in [6.45, 7) is 11.6. The summed E-state index contributed by atoms with van der Waals surface area (Å²) in [7, 11) is 0. The van der Waals surface area contributed by atoms with E-state index in [9.17, 15) is 9.59 Å². The van der Waals surface area contributed by atoms with Crippen LogP contribution in [0.2, 0.25) is 0 Å². The number of hydrogen-bond donors (Lipinski definition) is 0. The minimum atomic E-state index is -0.127. The number of amides is 2. The van der Waals surface area contributed by atoms with E-state index in [0.717, 1.165) is 30.8 Å². The Morgan fingerprint density at radius 2 is 1.59 bits per heavy atom. The Bertz CT molecular complexity index is 1160. The van der Waals surface area contributed by atoms with Crippen LogP contribution in [0.4, 0.5) is 0 Å². The topological polar surface area (TPSA) is 66.2 Å². The summed E-state index contributed by atoms with van der Waals surface area (Å²) in [4.78, 5) is 33.2. The summed E-state index contributed by atoms with van der Waals surface area (Å²) in [6, 6.07) is 21.6. The van der Waals surface area contributed by atoms with E-state index in [-0.39, 0.29) is 23.8 Å². The zero-order valence-electron chi connectivity index (χ0n) is 23.5. The van der Waals surface area contributed by atoms with Crippen molar-refractivity contribution in [2.24, 2.45) is 0 Å². The molecule has 0 N–H and O–H groups in total. The van der Waals surface area contributed by atoms with Crippen molar-refractivity contribution in [1.29, 1.82) is 0 Å². The molecule has 1 saturated heterocycles. The fourth-order valence-corrected chi connectivity index (χ4v) is 4.69. The molecule has 208 valence electrons. The first-order valence-corrected chi connectivity index (χ1v) is 13.8. The van der Waals surface area contributed by atoms with Gasteiger partial charge in [0, 0.05) is 38.3 Å². The van der Waals surface area contributed by atoms with E-state index in [1.807, 2.05) is 54.6 Å². The van der Waals surface area contributed by atoms with Crippen molar-refractivity contribution in [3.63, 3.8) is 0 Å². The number of carbonyl (C=O) groups excluding carboxylic acids is 2. The highest BCUT2D eigenvalue weighted by Gasteiger charge is 2.25. The minimum absolute atomic E-state index is 0.00132. The second kappa shape index (κ2) is 13.6. The molecule has 3 aromatic rings. The molecule has 2 amide bonds. The molecule has 1 fully saturated rings. The molecule has 4 rings (SSSR count). The quantitative estimate of drug-likeness (QED) is 0.361. The molecular formula is C32H41N3O4. The first kappa shape index (κ1) is 28.6. The molecular weight excluding hydrogens is 490 g/mol. The molecule has 0 unspecified atom stereocenters. The largest absolute Gasteiger partial charge is 0.467 e. The lowest BCUT2D eigenvalue weighted by molar-refractivity contribution is -0.132. The van der Waals surface area contributed by atoms with Gasteiger partial charge in [-0.1, -0.05) is 63.2 Å². The lowest BCUT2D eigenvalue weighted by Crippen LogP contribution is -2.47. The lowest BCUT2D eigenvalue weighted by Gasteiger charge is -2.31. The third kappa shape index (κ3) is 8.53. The Labute approximate surface area is 232 Å². The Hall–Kier alpha value is -3.42. The van der Waals surface area contributed by atoms with Crippen LogP contribution in [0.3, 0.4) is 0 Å². The highest BCUT2D eigenvalue weighted by Crippen LogP contribution is 2.22. The zero-order valence-corrected chi connectivity index (χ0v) is 23.5. The van der Waals surface area contributed by atoms with E-state index >= 15 is 0 Å². The second-order valence-corrected chi connectivity index (χ2v) is 11.1. The molecule has 0 atom stereocenters. The van der Waals surface area contributed by atoms with Gasteiger partial charge in [-0.15, -0.1) is 0 Å². The molecule has 7 nitrogen and oxygen atoms in total. The maximum absolute atomic E-state index is 13.7. The second-order valence-electron chi connectivity index (χ2n) is 11.1. The highest BCUT2D eigenvalue weighted by atomic mass is 16.5. The predicted molar refractivity (Wildman–Crippen MR) is 153 cm³/mol. The van der Waals surface area contributed by atoms with Crippen LogP contribution in [0.15, 0.2) is 77.4 Å². The van der Waals surface area contributed by atoms with Gasteiger partial charge in [-0.25, -0.2) is 0 Å². The van der Waals surface area contributed by atoms with Gasteiger partial charge in [-0.2, -0.15) is 0 Å². The Morgan fingerprint density at radius 1 is 0.872 bits per heavy atom. The molecule has 39 heavy (non-hydrogen) atoms. The standard InChI is InChI=1S/C32H41N3O4/c1-32(2,3)28-13-11-27(12-14-28)31(37)35(18-17-33-19-22-38-23-20-33)25-30(36)34(24-29-10-7-21-39-29)16-15-26-8-5-4-6-9-26/h4-14,21H,15-20,22-25H2,1-3H3. The predicted octanol–water partition coefficient (Wildman–Crippen LogP) is 4.62. The monoisotopic (exact) mass is 531 g/mol. The van der Waals surface area contributed by atoms with Crippen LogP contribution in [-0.4, -0.2) is 79.0 Å². The fraction of sp³-hybridized carbons (Fsp3) is 0.438. The molecule has 1 aliphatic heterocycles. The molecule has 0 bridgehead atoms. The van der Waals surface area contributed by atoms with Crippen LogP contribution in [-0.2, 0) is 27.9 Å². The van der Waals surface area contributed by atoms with E-state index in [1.165, 1.54) is 5.56 Å². The van der Waals surface area contributed by atoms with Gasteiger partial charge >= 0.3 is 0 Å². The maximum Gasteiger partial charge on any atom is 0.254 e. The normalized spacial score (nSPS) is 14.2. The van der Waals surface area contributed by atoms with Crippen LogP contribution in [0.25, 0.3) is 0 Å². The van der Waals surface area contributed by atoms with E-state index < -0.39 is 0 Å². The molecule has 0 radical (unpaired) electrons. The van der Waals surface area contributed by atoms with Gasteiger partial charge in [0.15, 0.2) is 0 Å². The Morgan fingerprint density at radius 3 is 2.23 bits per heavy atom. The van der Waals surface area contributed by atoms with Gasteiger partial charge in [-0.05, 0) is 47.2 Å². The number of morpholine rings is 1. The number of benzene rings is 2. The molecule has 0 aliphatic carbocycles. The van der Waals surface area contributed by atoms with Crippen LogP contribution in [0.5, 0.6) is 0 Å². The lowest BCUT2D eigenvalue weighted by atomic mass is 9.86. The summed E-state index contributed by atoms with van der Waals surface area (Å²) in [6.07, 6.45) is 2.35. The molecule has 7 heteroatoms. The van der Waals surface area contributed by atoms with Gasteiger partial charge in [0.25, 0.3) is 5.91 Å². The van der Waals surface area contributed by atoms with Crippen LogP contribution in [0.1, 0.15) is 48.0 Å². The van der Waals surface area contributed by atoms with Crippen LogP contribution < -0.4 is 0 Å². The van der Waals surface area contributed by atoms with Crippen molar-refractivity contribution in [2.75, 3.05) is 52.5 Å². The van der Waals surface area contributed by atoms with E-state index in [2.05, 4.69) is 37.8 Å². The van der Waals surface area contributed by atoms with Gasteiger partial charge in [0.2, 0.25) is 5.91 Å². The zero-order chi connectivity index (χ0) is 27.7. The SMILES string of the molecule is CC(C)(C)c1ccc(C(=O)N(CCN2CCOCC2)CC(=O)N(CCc2ccccc2)Cc2ccco2)cc1. The van der Waals surface area contributed by atoms with Crippen LogP contribution >= 0.6 is 0 Å². The van der Waals surface area contributed by atoms with Gasteiger partial charge in [0.1, 0.15) is 12.3 Å². The van der Waals surface area contributed by atoms with Crippen molar-refractivity contribution in [1.82, 2.24) is 14.7 Å². The van der Waals surface area contributed by atoms with Crippen molar-refractivity contribution in [2.45, 2.75) is 39.2 Å². The molecule has 2 aromatic carbocycles. The van der Waals surface area contributed by atoms with E-state index in [4.69, 9.17) is 9.15 Å². The number of rotatable bonds is 11. The molecule has 2 heterocycles. The van der Waals surface area contributed by atoms with Gasteiger partial charge in [-0.3, -0.25) is 14.5 Å². The van der Waals surface area contributed by atoms with Crippen molar-refractivity contribution < 1.29 is 18.7 Å². The third-order valence-electron chi connectivity index (χ3n) is 7.19. The van der Waals surface area contributed by atoms with Crippen LogP contribution in [0, 0.1) is 0 Å². The van der Waals surface area contributed by atoms with Crippen molar-refractivity contribution in [3.05, 3.63) is 95.4 Å². The van der Waals surface area contributed by atoms with Crippen molar-refractivity contribution in [3.8, 4) is 0 Å². The molecule has 1 aliphatic rings. The number of carbonyl (C=O) groups is 2. The summed E-state index contributed by atoms with van der Waals surface area (Å²) in [5.74, 6) is 0.502. The number of nitrogens with zero attached hydrogens (tertiary/aromatic N) is 3. The number of ether oxygens (including phenoxy) is 1. The minimum Gasteiger partial charge on any atom is -0.467 e. The summed E-state index contributed by atoms with van der Waals surface area (Å²) in [5.41, 5.74) is 2.92. The average molecular weight is 532 g/mol. The van der Waals surface area contributed by atoms with Crippen molar-refractivity contribution >= 4 is 11.8 Å². The molecule has 0 saturated carbocycles. The van der Waals surface area contributed by atoms with Gasteiger partial charge < -0.3 is 19.0 Å². The first-order chi connectivity index (χ1) is 18.8. The number of hydrogen-bond acceptors (Lipinski definition) is 5. The van der Waals surface area contributed by atoms with E-state index in [1.54, 1.807) is 16.1 Å². The highest BCUT2D eigenvalue weighted by molar-refractivity contribution is 5.96. The van der Waals surface area contributed by atoms with Gasteiger partial charge in [0.05, 0.1) is 26.0 Å². The molecule has 1 aromatic heterocycles. The maximum atomic E-state index is 13.7. The first-order valence-electron chi connectivity index (χ1n) is 13.8. The van der Waals surface area contributed by atoms with E-state index in [0.29, 0.717) is 45.0 Å². The fourth-order valence-electron chi connectivity index (χ4n) is 4.69.